The Bertz CT molecular complexity index is 383. The fourth-order valence-corrected chi connectivity index (χ4v) is 1.52. The van der Waals surface area contributed by atoms with Crippen LogP contribution in [0.2, 0.25) is 0 Å². The van der Waals surface area contributed by atoms with Crippen LogP contribution in [-0.2, 0) is 6.54 Å². The highest BCUT2D eigenvalue weighted by atomic mass is 32.1. The van der Waals surface area contributed by atoms with E-state index < -0.39 is 0 Å². The predicted molar refractivity (Wildman–Crippen MR) is 51.0 cm³/mol. The number of hydrogen-bond donors (Lipinski definition) is 1. The van der Waals surface area contributed by atoms with Crippen LogP contribution in [0.15, 0.2) is 4.52 Å². The van der Waals surface area contributed by atoms with E-state index in [2.05, 4.69) is 25.7 Å². The molecule has 0 saturated carbocycles. The smallest absolute Gasteiger partial charge is 0.246 e. The molecular weight excluding hydrogens is 202 g/mol. The van der Waals surface area contributed by atoms with Gasteiger partial charge >= 0.3 is 0 Å². The predicted octanol–water partition coefficient (Wildman–Crippen LogP) is 1.15. The van der Waals surface area contributed by atoms with Crippen LogP contribution in [0, 0.1) is 13.8 Å². The van der Waals surface area contributed by atoms with Crippen LogP contribution in [0.1, 0.15) is 16.7 Å². The second-order valence-corrected chi connectivity index (χ2v) is 3.90. The van der Waals surface area contributed by atoms with Crippen molar-refractivity contribution in [3.05, 3.63) is 16.7 Å². The third-order valence-corrected chi connectivity index (χ3v) is 2.28. The average Bonchev–Trinajstić information content (AvgIpc) is 2.72. The first-order valence-electron chi connectivity index (χ1n) is 4.07. The van der Waals surface area contributed by atoms with Gasteiger partial charge in [0.15, 0.2) is 5.82 Å². The van der Waals surface area contributed by atoms with Crippen LogP contribution in [0.25, 0.3) is 0 Å². The van der Waals surface area contributed by atoms with Crippen molar-refractivity contribution >= 4 is 16.5 Å². The van der Waals surface area contributed by atoms with Gasteiger partial charge in [0, 0.05) is 0 Å². The molecule has 0 atom stereocenters. The van der Waals surface area contributed by atoms with Crippen molar-refractivity contribution in [3.8, 4) is 0 Å². The summed E-state index contributed by atoms with van der Waals surface area (Å²) in [6.07, 6.45) is 0. The molecule has 74 valence electrons. The van der Waals surface area contributed by atoms with Crippen molar-refractivity contribution in [3.63, 3.8) is 0 Å². The van der Waals surface area contributed by atoms with E-state index in [1.165, 1.54) is 11.3 Å². The van der Waals surface area contributed by atoms with E-state index in [-0.39, 0.29) is 0 Å². The van der Waals surface area contributed by atoms with E-state index in [0.29, 0.717) is 18.3 Å². The Morgan fingerprint density at radius 3 is 2.79 bits per heavy atom. The lowest BCUT2D eigenvalue weighted by atomic mass is 10.6. The number of anilines is 1. The minimum atomic E-state index is 0.482. The highest BCUT2D eigenvalue weighted by Crippen LogP contribution is 2.14. The first-order valence-corrected chi connectivity index (χ1v) is 4.89. The van der Waals surface area contributed by atoms with Gasteiger partial charge in [0.1, 0.15) is 5.01 Å². The maximum Gasteiger partial charge on any atom is 0.246 e. The molecule has 7 heteroatoms. The summed E-state index contributed by atoms with van der Waals surface area (Å²) in [6, 6.07) is 0. The van der Waals surface area contributed by atoms with Crippen LogP contribution in [-0.4, -0.2) is 20.3 Å². The number of aromatic nitrogens is 4. The normalized spacial score (nSPS) is 10.4. The Labute approximate surface area is 84.4 Å². The summed E-state index contributed by atoms with van der Waals surface area (Å²) < 4.78 is 4.93. The summed E-state index contributed by atoms with van der Waals surface area (Å²) in [5.74, 6) is 1.19. The van der Waals surface area contributed by atoms with E-state index in [9.17, 15) is 0 Å². The minimum absolute atomic E-state index is 0.482. The zero-order chi connectivity index (χ0) is 9.97. The molecule has 0 saturated heterocycles. The van der Waals surface area contributed by atoms with Crippen LogP contribution >= 0.6 is 11.3 Å². The van der Waals surface area contributed by atoms with Gasteiger partial charge in [-0.1, -0.05) is 16.5 Å². The summed E-state index contributed by atoms with van der Waals surface area (Å²) in [5, 5.41) is 16.2. The molecule has 2 aromatic rings. The van der Waals surface area contributed by atoms with Crippen molar-refractivity contribution in [1.82, 2.24) is 20.3 Å². The summed E-state index contributed by atoms with van der Waals surface area (Å²) in [6.45, 7) is 4.16. The van der Waals surface area contributed by atoms with Gasteiger partial charge in [0.25, 0.3) is 0 Å². The molecule has 0 spiro atoms. The summed E-state index contributed by atoms with van der Waals surface area (Å²) >= 11 is 1.49. The average molecular weight is 211 g/mol. The summed E-state index contributed by atoms with van der Waals surface area (Å²) in [5.41, 5.74) is 0. The van der Waals surface area contributed by atoms with Gasteiger partial charge in [-0.15, -0.1) is 10.2 Å². The van der Waals surface area contributed by atoms with Crippen molar-refractivity contribution in [2.45, 2.75) is 20.4 Å². The van der Waals surface area contributed by atoms with Crippen LogP contribution in [0.5, 0.6) is 0 Å². The Morgan fingerprint density at radius 1 is 1.36 bits per heavy atom. The molecule has 2 rings (SSSR count). The fourth-order valence-electron chi connectivity index (χ4n) is 0.931. The van der Waals surface area contributed by atoms with E-state index in [4.69, 9.17) is 4.52 Å². The lowest BCUT2D eigenvalue weighted by Crippen LogP contribution is -1.99. The third kappa shape index (κ3) is 2.05. The molecular formula is C7H9N5OS. The first kappa shape index (κ1) is 9.07. The second kappa shape index (κ2) is 3.70. The van der Waals surface area contributed by atoms with Gasteiger partial charge in [-0.25, -0.2) is 0 Å². The minimum Gasteiger partial charge on any atom is -0.351 e. The van der Waals surface area contributed by atoms with Gasteiger partial charge < -0.3 is 9.84 Å². The molecule has 14 heavy (non-hydrogen) atoms. The van der Waals surface area contributed by atoms with Crippen LogP contribution in [0.4, 0.5) is 5.13 Å². The zero-order valence-electron chi connectivity index (χ0n) is 7.81. The number of nitrogens with zero attached hydrogens (tertiary/aromatic N) is 4. The molecule has 0 aliphatic rings. The summed E-state index contributed by atoms with van der Waals surface area (Å²) in [4.78, 5) is 4.05. The molecule has 0 aromatic carbocycles. The van der Waals surface area contributed by atoms with Gasteiger partial charge in [-0.2, -0.15) is 4.98 Å². The lowest BCUT2D eigenvalue weighted by Gasteiger charge is -1.94. The fraction of sp³-hybridized carbons (Fsp3) is 0.429. The number of hydrogen-bond acceptors (Lipinski definition) is 7. The van der Waals surface area contributed by atoms with Gasteiger partial charge in [0.2, 0.25) is 11.0 Å². The van der Waals surface area contributed by atoms with Crippen molar-refractivity contribution in [1.29, 1.82) is 0 Å². The third-order valence-electron chi connectivity index (χ3n) is 1.49. The zero-order valence-corrected chi connectivity index (χ0v) is 8.63. The SMILES string of the molecule is Cc1noc(CNc2nnc(C)s2)n1. The summed E-state index contributed by atoms with van der Waals surface area (Å²) in [7, 11) is 0. The Hall–Kier alpha value is -1.50. The van der Waals surface area contributed by atoms with Crippen molar-refractivity contribution < 1.29 is 4.52 Å². The van der Waals surface area contributed by atoms with Gasteiger partial charge in [-0.3, -0.25) is 0 Å². The molecule has 0 radical (unpaired) electrons. The number of nitrogens with one attached hydrogen (secondary N) is 1. The largest absolute Gasteiger partial charge is 0.351 e. The molecule has 0 bridgehead atoms. The molecule has 1 N–H and O–H groups in total. The topological polar surface area (TPSA) is 76.7 Å². The number of rotatable bonds is 3. The molecule has 2 heterocycles. The van der Waals surface area contributed by atoms with E-state index in [1.807, 2.05) is 6.92 Å². The standard InChI is InChI=1S/C7H9N5OS/c1-4-9-6(13-12-4)3-8-7-11-10-5(2)14-7/h3H2,1-2H3,(H,8,11). The first-order chi connectivity index (χ1) is 6.74. The highest BCUT2D eigenvalue weighted by molar-refractivity contribution is 7.15. The Morgan fingerprint density at radius 2 is 2.21 bits per heavy atom. The molecule has 0 unspecified atom stereocenters. The second-order valence-electron chi connectivity index (χ2n) is 2.72. The maximum absolute atomic E-state index is 4.93. The van der Waals surface area contributed by atoms with Crippen LogP contribution in [0.3, 0.4) is 0 Å². The molecule has 0 fully saturated rings. The maximum atomic E-state index is 4.93. The number of aryl methyl sites for hydroxylation is 2. The lowest BCUT2D eigenvalue weighted by molar-refractivity contribution is 0.379. The van der Waals surface area contributed by atoms with Crippen molar-refractivity contribution in [2.75, 3.05) is 5.32 Å². The Kier molecular flexibility index (Phi) is 2.40. The Balaban J connectivity index is 1.94. The van der Waals surface area contributed by atoms with Gasteiger partial charge in [0.05, 0.1) is 6.54 Å². The molecule has 2 aromatic heterocycles. The van der Waals surface area contributed by atoms with Crippen LogP contribution < -0.4 is 5.32 Å². The monoisotopic (exact) mass is 211 g/mol. The quantitative estimate of drug-likeness (QED) is 0.820. The highest BCUT2D eigenvalue weighted by Gasteiger charge is 2.04. The van der Waals surface area contributed by atoms with Gasteiger partial charge in [-0.05, 0) is 13.8 Å². The molecule has 0 aliphatic carbocycles. The molecule has 0 aliphatic heterocycles. The van der Waals surface area contributed by atoms with E-state index >= 15 is 0 Å². The van der Waals surface area contributed by atoms with Crippen molar-refractivity contribution in [2.24, 2.45) is 0 Å². The molecule has 6 nitrogen and oxygen atoms in total. The van der Waals surface area contributed by atoms with E-state index in [1.54, 1.807) is 6.92 Å². The molecule has 0 amide bonds. The van der Waals surface area contributed by atoms with E-state index in [0.717, 1.165) is 10.1 Å².